The summed E-state index contributed by atoms with van der Waals surface area (Å²) in [6.45, 7) is 12.0. The Labute approximate surface area is 134 Å². The Morgan fingerprint density at radius 2 is 1.95 bits per heavy atom. The molecule has 0 N–H and O–H groups in total. The van der Waals surface area contributed by atoms with E-state index in [1.807, 2.05) is 19.1 Å². The van der Waals surface area contributed by atoms with Crippen molar-refractivity contribution < 1.29 is 0 Å². The molecule has 1 unspecified atom stereocenters. The van der Waals surface area contributed by atoms with Gasteiger partial charge >= 0.3 is 0 Å². The number of benzene rings is 1. The second-order valence-electron chi connectivity index (χ2n) is 6.45. The van der Waals surface area contributed by atoms with Crippen molar-refractivity contribution >= 4 is 38.6 Å². The molecule has 2 nitrogen and oxygen atoms in total. The molecule has 1 atom stereocenters. The molecule has 0 saturated carbocycles. The molecule has 0 aliphatic rings. The van der Waals surface area contributed by atoms with Gasteiger partial charge in [0.05, 0.1) is 16.4 Å². The molecule has 2 rings (SSSR count). The van der Waals surface area contributed by atoms with Crippen molar-refractivity contribution in [2.45, 2.75) is 46.5 Å². The number of hydrogen-bond acceptors (Lipinski definition) is 1. The molecule has 4 heteroatoms. The largest absolute Gasteiger partial charge is 0.326 e. The predicted molar refractivity (Wildman–Crippen MR) is 90.3 cm³/mol. The van der Waals surface area contributed by atoms with Crippen molar-refractivity contribution in [1.29, 1.82) is 0 Å². The highest BCUT2D eigenvalue weighted by Crippen LogP contribution is 2.33. The zero-order valence-corrected chi connectivity index (χ0v) is 15.1. The van der Waals surface area contributed by atoms with Crippen molar-refractivity contribution in [3.8, 4) is 0 Å². The maximum absolute atomic E-state index is 6.33. The summed E-state index contributed by atoms with van der Waals surface area (Å²) in [4.78, 5) is 4.71. The summed E-state index contributed by atoms with van der Waals surface area (Å²) < 4.78 is 3.35. The van der Waals surface area contributed by atoms with Gasteiger partial charge in [0.2, 0.25) is 0 Å². The molecule has 0 fully saturated rings. The third-order valence-corrected chi connectivity index (χ3v) is 4.91. The minimum atomic E-state index is -0.0934. The quantitative estimate of drug-likeness (QED) is 0.634. The molecule has 1 heterocycles. The number of imidazole rings is 1. The number of hydrogen-bond donors (Lipinski definition) is 0. The molecule has 0 aliphatic heterocycles. The molecule has 0 spiro atoms. The Hall–Kier alpha value is -0.540. The number of fused-ring (bicyclic) bond motifs is 1. The van der Waals surface area contributed by atoms with Gasteiger partial charge < -0.3 is 4.57 Å². The first kappa shape index (κ1) is 15.8. The minimum absolute atomic E-state index is 0.0934. The summed E-state index contributed by atoms with van der Waals surface area (Å²) >= 11 is 9.88. The topological polar surface area (TPSA) is 17.8 Å². The first-order chi connectivity index (χ1) is 9.22. The number of halogens is 2. The molecular formula is C16H22BrClN2. The van der Waals surface area contributed by atoms with Crippen molar-refractivity contribution in [1.82, 2.24) is 9.55 Å². The molecule has 0 aliphatic carbocycles. The predicted octanol–water partition coefficient (Wildman–Crippen LogP) is 5.78. The standard InChI is InChI=1S/C16H22BrClN2/c1-10(2)16(4,5)9-20-14-8-12(17)6-7-13(14)19-15(20)11(3)18/h6-8,10-11H,9H2,1-5H3. The molecular weight excluding hydrogens is 336 g/mol. The van der Waals surface area contributed by atoms with Crippen molar-refractivity contribution in [3.05, 3.63) is 28.5 Å². The zero-order valence-electron chi connectivity index (χ0n) is 12.7. The summed E-state index contributed by atoms with van der Waals surface area (Å²) in [5.74, 6) is 1.54. The van der Waals surface area contributed by atoms with Crippen LogP contribution in [-0.4, -0.2) is 9.55 Å². The second-order valence-corrected chi connectivity index (χ2v) is 8.02. The fourth-order valence-electron chi connectivity index (χ4n) is 2.17. The van der Waals surface area contributed by atoms with Gasteiger partial charge in [-0.05, 0) is 36.5 Å². The van der Waals surface area contributed by atoms with E-state index in [1.165, 1.54) is 0 Å². The van der Waals surface area contributed by atoms with E-state index in [2.05, 4.69) is 54.3 Å². The Kier molecular flexibility index (Phi) is 4.50. The van der Waals surface area contributed by atoms with Gasteiger partial charge in [0, 0.05) is 11.0 Å². The highest BCUT2D eigenvalue weighted by atomic mass is 79.9. The van der Waals surface area contributed by atoms with Crippen molar-refractivity contribution in [3.63, 3.8) is 0 Å². The van der Waals surface area contributed by atoms with Crippen LogP contribution in [0.25, 0.3) is 11.0 Å². The SMILES string of the molecule is CC(Cl)c1nc2ccc(Br)cc2n1CC(C)(C)C(C)C. The molecule has 0 saturated heterocycles. The molecule has 110 valence electrons. The van der Waals surface area contributed by atoms with Gasteiger partial charge in [-0.1, -0.05) is 43.6 Å². The normalized spacial score (nSPS) is 14.2. The lowest BCUT2D eigenvalue weighted by Gasteiger charge is -2.31. The van der Waals surface area contributed by atoms with Crippen LogP contribution in [0.4, 0.5) is 0 Å². The van der Waals surface area contributed by atoms with Gasteiger partial charge in [-0.15, -0.1) is 11.6 Å². The average Bonchev–Trinajstić information content (AvgIpc) is 2.67. The highest BCUT2D eigenvalue weighted by Gasteiger charge is 2.26. The zero-order chi connectivity index (χ0) is 15.1. The molecule has 0 radical (unpaired) electrons. The summed E-state index contributed by atoms with van der Waals surface area (Å²) in [5, 5.41) is -0.0934. The van der Waals surface area contributed by atoms with E-state index >= 15 is 0 Å². The van der Waals surface area contributed by atoms with Gasteiger partial charge in [-0.3, -0.25) is 0 Å². The Bertz CT molecular complexity index is 614. The van der Waals surface area contributed by atoms with Gasteiger partial charge in [0.1, 0.15) is 5.82 Å². The number of rotatable bonds is 4. The Morgan fingerprint density at radius 3 is 2.50 bits per heavy atom. The van der Waals surface area contributed by atoms with Crippen molar-refractivity contribution in [2.24, 2.45) is 11.3 Å². The second kappa shape index (κ2) is 5.69. The fourth-order valence-corrected chi connectivity index (χ4v) is 2.69. The molecule has 0 amide bonds. The van der Waals surface area contributed by atoms with Crippen LogP contribution >= 0.6 is 27.5 Å². The summed E-state index contributed by atoms with van der Waals surface area (Å²) in [6.07, 6.45) is 0. The maximum atomic E-state index is 6.33. The lowest BCUT2D eigenvalue weighted by molar-refractivity contribution is 0.210. The molecule has 2 aromatic rings. The lowest BCUT2D eigenvalue weighted by Crippen LogP contribution is -2.26. The van der Waals surface area contributed by atoms with Gasteiger partial charge in [0.15, 0.2) is 0 Å². The molecule has 20 heavy (non-hydrogen) atoms. The van der Waals surface area contributed by atoms with Gasteiger partial charge in [0.25, 0.3) is 0 Å². The van der Waals surface area contributed by atoms with Crippen LogP contribution in [0.1, 0.15) is 45.8 Å². The van der Waals surface area contributed by atoms with Crippen LogP contribution in [0.3, 0.4) is 0 Å². The monoisotopic (exact) mass is 356 g/mol. The van der Waals surface area contributed by atoms with E-state index in [0.717, 1.165) is 27.9 Å². The van der Waals surface area contributed by atoms with E-state index in [9.17, 15) is 0 Å². The van der Waals surface area contributed by atoms with Crippen LogP contribution in [0.5, 0.6) is 0 Å². The van der Waals surface area contributed by atoms with Crippen LogP contribution < -0.4 is 0 Å². The smallest absolute Gasteiger partial charge is 0.127 e. The van der Waals surface area contributed by atoms with Crippen LogP contribution in [0, 0.1) is 11.3 Å². The summed E-state index contributed by atoms with van der Waals surface area (Å²) in [7, 11) is 0. The first-order valence-corrected chi connectivity index (χ1v) is 8.25. The Balaban J connectivity index is 2.59. The number of alkyl halides is 1. The van der Waals surface area contributed by atoms with Crippen LogP contribution in [-0.2, 0) is 6.54 Å². The third-order valence-electron chi connectivity index (χ3n) is 4.22. The third kappa shape index (κ3) is 3.04. The maximum Gasteiger partial charge on any atom is 0.127 e. The van der Waals surface area contributed by atoms with E-state index < -0.39 is 0 Å². The average molecular weight is 358 g/mol. The molecule has 1 aromatic heterocycles. The minimum Gasteiger partial charge on any atom is -0.326 e. The van der Waals surface area contributed by atoms with Gasteiger partial charge in [-0.2, -0.15) is 0 Å². The van der Waals surface area contributed by atoms with E-state index in [4.69, 9.17) is 16.6 Å². The summed E-state index contributed by atoms with van der Waals surface area (Å²) in [5.41, 5.74) is 2.35. The lowest BCUT2D eigenvalue weighted by atomic mass is 9.81. The van der Waals surface area contributed by atoms with Crippen LogP contribution in [0.15, 0.2) is 22.7 Å². The first-order valence-electron chi connectivity index (χ1n) is 7.02. The Morgan fingerprint density at radius 1 is 1.30 bits per heavy atom. The number of nitrogens with zero attached hydrogens (tertiary/aromatic N) is 2. The van der Waals surface area contributed by atoms with E-state index in [0.29, 0.717) is 5.92 Å². The van der Waals surface area contributed by atoms with E-state index in [1.54, 1.807) is 0 Å². The number of aromatic nitrogens is 2. The summed E-state index contributed by atoms with van der Waals surface area (Å²) in [6, 6.07) is 6.19. The fraction of sp³-hybridized carbons (Fsp3) is 0.562. The molecule has 1 aromatic carbocycles. The van der Waals surface area contributed by atoms with Crippen LogP contribution in [0.2, 0.25) is 0 Å². The molecule has 0 bridgehead atoms. The highest BCUT2D eigenvalue weighted by molar-refractivity contribution is 9.10. The van der Waals surface area contributed by atoms with Crippen molar-refractivity contribution in [2.75, 3.05) is 0 Å². The van der Waals surface area contributed by atoms with Gasteiger partial charge in [-0.25, -0.2) is 4.98 Å². The van der Waals surface area contributed by atoms with E-state index in [-0.39, 0.29) is 10.8 Å².